The summed E-state index contributed by atoms with van der Waals surface area (Å²) >= 11 is 6.03. The summed E-state index contributed by atoms with van der Waals surface area (Å²) in [5, 5.41) is 0.804. The van der Waals surface area contributed by atoms with Crippen LogP contribution in [-0.2, 0) is 5.41 Å². The quantitative estimate of drug-likeness (QED) is 0.642. The first-order valence-corrected chi connectivity index (χ1v) is 7.42. The van der Waals surface area contributed by atoms with Crippen molar-refractivity contribution in [3.63, 3.8) is 0 Å². The highest BCUT2D eigenvalue weighted by Crippen LogP contribution is 2.40. The second kappa shape index (κ2) is 6.25. The Morgan fingerprint density at radius 3 is 1.95 bits per heavy atom. The lowest BCUT2D eigenvalue weighted by Gasteiger charge is -2.34. The smallest absolute Gasteiger partial charge is 0.0406 e. The third kappa shape index (κ3) is 2.84. The van der Waals surface area contributed by atoms with E-state index in [1.165, 1.54) is 17.5 Å². The summed E-state index contributed by atoms with van der Waals surface area (Å²) in [6, 6.07) is 19.2. The van der Waals surface area contributed by atoms with E-state index < -0.39 is 0 Å². The van der Waals surface area contributed by atoms with E-state index in [0.29, 0.717) is 0 Å². The van der Waals surface area contributed by atoms with Gasteiger partial charge in [0.15, 0.2) is 0 Å². The maximum atomic E-state index is 6.03. The predicted molar refractivity (Wildman–Crippen MR) is 83.9 cm³/mol. The van der Waals surface area contributed by atoms with Crippen molar-refractivity contribution in [3.8, 4) is 0 Å². The topological polar surface area (TPSA) is 0 Å². The summed E-state index contributed by atoms with van der Waals surface area (Å²) in [5.41, 5.74) is 2.88. The summed E-state index contributed by atoms with van der Waals surface area (Å²) in [5.74, 6) is 0. The van der Waals surface area contributed by atoms with Crippen molar-refractivity contribution >= 4 is 11.6 Å². The molecule has 0 radical (unpaired) electrons. The highest BCUT2D eigenvalue weighted by molar-refractivity contribution is 6.30. The van der Waals surface area contributed by atoms with Crippen LogP contribution in [0, 0.1) is 0 Å². The van der Waals surface area contributed by atoms with Crippen LogP contribution in [0.4, 0.5) is 0 Å². The number of halogens is 1. The lowest BCUT2D eigenvalue weighted by molar-refractivity contribution is 0.450. The lowest BCUT2D eigenvalue weighted by Crippen LogP contribution is -2.26. The molecule has 0 N–H and O–H groups in total. The molecule has 0 saturated heterocycles. The molecule has 0 aromatic heterocycles. The van der Waals surface area contributed by atoms with Gasteiger partial charge < -0.3 is 0 Å². The molecule has 0 aliphatic rings. The Labute approximate surface area is 121 Å². The standard InChI is InChI=1S/C18H21Cl/c1-3-14-18(4-2,15-8-6-5-7-9-15)16-10-12-17(19)13-11-16/h5-13H,3-4,14H2,1-2H3. The predicted octanol–water partition coefficient (Wildman–Crippen LogP) is 5.84. The van der Waals surface area contributed by atoms with E-state index in [0.717, 1.165) is 17.9 Å². The number of hydrogen-bond donors (Lipinski definition) is 0. The Bertz CT molecular complexity index is 501. The molecule has 100 valence electrons. The van der Waals surface area contributed by atoms with Crippen molar-refractivity contribution in [3.05, 3.63) is 70.7 Å². The molecule has 19 heavy (non-hydrogen) atoms. The summed E-state index contributed by atoms with van der Waals surface area (Å²) in [7, 11) is 0. The van der Waals surface area contributed by atoms with E-state index >= 15 is 0 Å². The second-order valence-electron chi connectivity index (χ2n) is 5.06. The van der Waals surface area contributed by atoms with Gasteiger partial charge in [0.1, 0.15) is 0 Å². The number of benzene rings is 2. The van der Waals surface area contributed by atoms with Gasteiger partial charge in [0.2, 0.25) is 0 Å². The second-order valence-corrected chi connectivity index (χ2v) is 5.50. The molecule has 1 heteroatoms. The molecule has 0 bridgehead atoms. The first-order chi connectivity index (χ1) is 9.23. The van der Waals surface area contributed by atoms with Crippen molar-refractivity contribution in [2.24, 2.45) is 0 Å². The molecular weight excluding hydrogens is 252 g/mol. The van der Waals surface area contributed by atoms with E-state index in [1.807, 2.05) is 12.1 Å². The molecular formula is C18H21Cl. The van der Waals surface area contributed by atoms with Crippen LogP contribution < -0.4 is 0 Å². The number of rotatable bonds is 5. The van der Waals surface area contributed by atoms with Crippen molar-refractivity contribution in [2.75, 3.05) is 0 Å². The molecule has 0 spiro atoms. The molecule has 0 heterocycles. The lowest BCUT2D eigenvalue weighted by atomic mass is 9.69. The van der Waals surface area contributed by atoms with Gasteiger partial charge in [0, 0.05) is 10.4 Å². The first-order valence-electron chi connectivity index (χ1n) is 7.04. The summed E-state index contributed by atoms with van der Waals surface area (Å²) < 4.78 is 0. The van der Waals surface area contributed by atoms with Crippen molar-refractivity contribution in [1.82, 2.24) is 0 Å². The minimum atomic E-state index is 0.112. The summed E-state index contributed by atoms with van der Waals surface area (Å²) in [6.45, 7) is 4.53. The fourth-order valence-corrected chi connectivity index (χ4v) is 3.12. The fraction of sp³-hybridized carbons (Fsp3) is 0.333. The maximum Gasteiger partial charge on any atom is 0.0406 e. The van der Waals surface area contributed by atoms with Gasteiger partial charge >= 0.3 is 0 Å². The Kier molecular flexibility index (Phi) is 4.66. The molecule has 2 aromatic rings. The maximum absolute atomic E-state index is 6.03. The van der Waals surface area contributed by atoms with Crippen LogP contribution in [0.3, 0.4) is 0 Å². The summed E-state index contributed by atoms with van der Waals surface area (Å²) in [6.07, 6.45) is 3.44. The SMILES string of the molecule is CCCC(CC)(c1ccccc1)c1ccc(Cl)cc1. The van der Waals surface area contributed by atoms with Gasteiger partial charge in [-0.1, -0.05) is 74.3 Å². The normalized spacial score (nSPS) is 14.1. The number of hydrogen-bond acceptors (Lipinski definition) is 0. The van der Waals surface area contributed by atoms with E-state index in [4.69, 9.17) is 11.6 Å². The summed E-state index contributed by atoms with van der Waals surface area (Å²) in [4.78, 5) is 0. The van der Waals surface area contributed by atoms with E-state index in [9.17, 15) is 0 Å². The van der Waals surface area contributed by atoms with Gasteiger partial charge in [0.25, 0.3) is 0 Å². The fourth-order valence-electron chi connectivity index (χ4n) is 2.99. The first kappa shape index (κ1) is 14.1. The molecule has 0 aliphatic heterocycles. The van der Waals surface area contributed by atoms with Gasteiger partial charge in [-0.05, 0) is 36.1 Å². The third-order valence-corrected chi connectivity index (χ3v) is 4.26. The average molecular weight is 273 g/mol. The van der Waals surface area contributed by atoms with Crippen LogP contribution in [0.1, 0.15) is 44.2 Å². The Morgan fingerprint density at radius 2 is 1.42 bits per heavy atom. The molecule has 0 aliphatic carbocycles. The molecule has 1 unspecified atom stereocenters. The van der Waals surface area contributed by atoms with Crippen LogP contribution in [-0.4, -0.2) is 0 Å². The van der Waals surface area contributed by atoms with Crippen LogP contribution in [0.2, 0.25) is 5.02 Å². The van der Waals surface area contributed by atoms with E-state index in [-0.39, 0.29) is 5.41 Å². The van der Waals surface area contributed by atoms with E-state index in [1.54, 1.807) is 0 Å². The zero-order chi connectivity index (χ0) is 13.7. The van der Waals surface area contributed by atoms with E-state index in [2.05, 4.69) is 56.3 Å². The Balaban J connectivity index is 2.54. The van der Waals surface area contributed by atoms with Gasteiger partial charge in [-0.15, -0.1) is 0 Å². The van der Waals surface area contributed by atoms with Crippen LogP contribution >= 0.6 is 11.6 Å². The third-order valence-electron chi connectivity index (χ3n) is 4.00. The van der Waals surface area contributed by atoms with Crippen LogP contribution in [0.15, 0.2) is 54.6 Å². The van der Waals surface area contributed by atoms with Crippen LogP contribution in [0.25, 0.3) is 0 Å². The highest BCUT2D eigenvalue weighted by Gasteiger charge is 2.31. The molecule has 0 amide bonds. The van der Waals surface area contributed by atoms with Crippen LogP contribution in [0.5, 0.6) is 0 Å². The molecule has 2 aromatic carbocycles. The Hall–Kier alpha value is -1.27. The molecule has 2 rings (SSSR count). The van der Waals surface area contributed by atoms with Crippen molar-refractivity contribution in [2.45, 2.75) is 38.5 Å². The zero-order valence-corrected chi connectivity index (χ0v) is 12.5. The van der Waals surface area contributed by atoms with Crippen molar-refractivity contribution < 1.29 is 0 Å². The zero-order valence-electron chi connectivity index (χ0n) is 11.7. The monoisotopic (exact) mass is 272 g/mol. The van der Waals surface area contributed by atoms with Gasteiger partial charge in [-0.2, -0.15) is 0 Å². The van der Waals surface area contributed by atoms with Crippen molar-refractivity contribution in [1.29, 1.82) is 0 Å². The highest BCUT2D eigenvalue weighted by atomic mass is 35.5. The minimum Gasteiger partial charge on any atom is -0.0843 e. The van der Waals surface area contributed by atoms with Gasteiger partial charge in [-0.3, -0.25) is 0 Å². The van der Waals surface area contributed by atoms with Gasteiger partial charge in [-0.25, -0.2) is 0 Å². The molecule has 0 fully saturated rings. The largest absolute Gasteiger partial charge is 0.0843 e. The molecule has 0 nitrogen and oxygen atoms in total. The molecule has 0 saturated carbocycles. The minimum absolute atomic E-state index is 0.112. The molecule has 1 atom stereocenters. The average Bonchev–Trinajstić information content (AvgIpc) is 2.47. The van der Waals surface area contributed by atoms with Gasteiger partial charge in [0.05, 0.1) is 0 Å². The Morgan fingerprint density at radius 1 is 0.842 bits per heavy atom.